The van der Waals surface area contributed by atoms with Gasteiger partial charge in [-0.25, -0.2) is 0 Å². The Labute approximate surface area is 120 Å². The zero-order chi connectivity index (χ0) is 14.3. The fourth-order valence-electron chi connectivity index (χ4n) is 3.35. The van der Waals surface area contributed by atoms with Crippen molar-refractivity contribution in [3.8, 4) is 0 Å². The monoisotopic (exact) mass is 270 g/mol. The van der Waals surface area contributed by atoms with Gasteiger partial charge < -0.3 is 10.1 Å². The number of ether oxygens (including phenoxy) is 1. The zero-order valence-electron chi connectivity index (χ0n) is 13.7. The van der Waals surface area contributed by atoms with Gasteiger partial charge >= 0.3 is 0 Å². The lowest BCUT2D eigenvalue weighted by atomic mass is 9.84. The molecule has 3 heteroatoms. The van der Waals surface area contributed by atoms with Crippen molar-refractivity contribution in [2.75, 3.05) is 32.7 Å². The molecule has 3 nitrogen and oxygen atoms in total. The Kier molecular flexibility index (Phi) is 7.33. The molecule has 0 spiro atoms. The lowest BCUT2D eigenvalue weighted by Gasteiger charge is -2.41. The highest BCUT2D eigenvalue weighted by molar-refractivity contribution is 4.84. The first-order chi connectivity index (χ1) is 8.99. The minimum Gasteiger partial charge on any atom is -0.373 e. The number of rotatable bonds is 8. The fraction of sp³-hybridized carbons (Fsp3) is 1.00. The average Bonchev–Trinajstić information content (AvgIpc) is 2.27. The maximum absolute atomic E-state index is 5.83. The lowest BCUT2D eigenvalue weighted by Crippen LogP contribution is -2.51. The van der Waals surface area contributed by atoms with Gasteiger partial charge in [0.15, 0.2) is 0 Å². The molecule has 1 aliphatic rings. The summed E-state index contributed by atoms with van der Waals surface area (Å²) in [6, 6.07) is 0. The molecule has 3 atom stereocenters. The van der Waals surface area contributed by atoms with Crippen LogP contribution in [0.15, 0.2) is 0 Å². The molecule has 0 radical (unpaired) electrons. The highest BCUT2D eigenvalue weighted by Crippen LogP contribution is 2.25. The van der Waals surface area contributed by atoms with E-state index in [0.717, 1.165) is 26.2 Å². The summed E-state index contributed by atoms with van der Waals surface area (Å²) >= 11 is 0. The van der Waals surface area contributed by atoms with Crippen LogP contribution >= 0.6 is 0 Å². The van der Waals surface area contributed by atoms with Crippen LogP contribution in [0.25, 0.3) is 0 Å². The van der Waals surface area contributed by atoms with Gasteiger partial charge in [0.1, 0.15) is 0 Å². The molecule has 1 fully saturated rings. The third-order valence-corrected chi connectivity index (χ3v) is 3.93. The topological polar surface area (TPSA) is 24.5 Å². The zero-order valence-corrected chi connectivity index (χ0v) is 13.7. The van der Waals surface area contributed by atoms with E-state index in [1.54, 1.807) is 0 Å². The van der Waals surface area contributed by atoms with E-state index in [1.807, 2.05) is 0 Å². The third kappa shape index (κ3) is 6.24. The van der Waals surface area contributed by atoms with E-state index in [4.69, 9.17) is 4.74 Å². The van der Waals surface area contributed by atoms with Crippen LogP contribution in [0.5, 0.6) is 0 Å². The van der Waals surface area contributed by atoms with Crippen molar-refractivity contribution in [2.45, 2.75) is 66.1 Å². The molecule has 114 valence electrons. The number of hydrogen-bond donors (Lipinski definition) is 1. The van der Waals surface area contributed by atoms with E-state index in [1.165, 1.54) is 25.8 Å². The average molecular weight is 270 g/mol. The Morgan fingerprint density at radius 1 is 1.16 bits per heavy atom. The molecule has 19 heavy (non-hydrogen) atoms. The Bertz CT molecular complexity index is 237. The minimum atomic E-state index is 0.373. The highest BCUT2D eigenvalue weighted by atomic mass is 16.5. The second-order valence-corrected chi connectivity index (χ2v) is 6.69. The molecule has 0 aromatic rings. The summed E-state index contributed by atoms with van der Waals surface area (Å²) in [6.07, 6.45) is 4.52. The predicted octanol–water partition coefficient (Wildman–Crippen LogP) is 2.90. The Balaban J connectivity index is 2.50. The molecule has 0 bridgehead atoms. The van der Waals surface area contributed by atoms with E-state index < -0.39 is 0 Å². The van der Waals surface area contributed by atoms with Crippen LogP contribution < -0.4 is 5.32 Å². The molecule has 1 N–H and O–H groups in total. The molecular weight excluding hydrogens is 236 g/mol. The molecule has 0 aliphatic carbocycles. The van der Waals surface area contributed by atoms with E-state index in [-0.39, 0.29) is 0 Å². The second kappa shape index (κ2) is 8.23. The van der Waals surface area contributed by atoms with Crippen molar-refractivity contribution < 1.29 is 4.74 Å². The van der Waals surface area contributed by atoms with E-state index in [2.05, 4.69) is 44.8 Å². The molecule has 1 aliphatic heterocycles. The predicted molar refractivity (Wildman–Crippen MR) is 82.6 cm³/mol. The smallest absolute Gasteiger partial charge is 0.0678 e. The van der Waals surface area contributed by atoms with Crippen molar-refractivity contribution in [3.05, 3.63) is 0 Å². The fourth-order valence-corrected chi connectivity index (χ4v) is 3.35. The minimum absolute atomic E-state index is 0.373. The molecule has 0 aromatic heterocycles. The van der Waals surface area contributed by atoms with Crippen LogP contribution in [0.2, 0.25) is 0 Å². The molecule has 0 amide bonds. The van der Waals surface area contributed by atoms with Gasteiger partial charge in [0.2, 0.25) is 0 Å². The Morgan fingerprint density at radius 2 is 1.79 bits per heavy atom. The standard InChI is InChI=1S/C16H34N2O/c1-6-8-16(5,12-17-9-7-2)13-18-10-14(3)19-15(4)11-18/h14-15,17H,6-13H2,1-5H3. The van der Waals surface area contributed by atoms with Gasteiger partial charge in [-0.2, -0.15) is 0 Å². The van der Waals surface area contributed by atoms with Crippen molar-refractivity contribution in [2.24, 2.45) is 5.41 Å². The third-order valence-electron chi connectivity index (χ3n) is 3.93. The summed E-state index contributed by atoms with van der Waals surface area (Å²) in [5.74, 6) is 0. The SMILES string of the molecule is CCCNCC(C)(CCC)CN1CC(C)OC(C)C1. The van der Waals surface area contributed by atoms with Crippen molar-refractivity contribution in [3.63, 3.8) is 0 Å². The first-order valence-corrected chi connectivity index (χ1v) is 8.07. The van der Waals surface area contributed by atoms with Crippen LogP contribution in [0.3, 0.4) is 0 Å². The maximum Gasteiger partial charge on any atom is 0.0678 e. The van der Waals surface area contributed by atoms with Gasteiger partial charge in [0.25, 0.3) is 0 Å². The van der Waals surface area contributed by atoms with Crippen molar-refractivity contribution in [1.29, 1.82) is 0 Å². The van der Waals surface area contributed by atoms with Crippen LogP contribution in [-0.2, 0) is 4.74 Å². The summed E-state index contributed by atoms with van der Waals surface area (Å²) in [7, 11) is 0. The highest BCUT2D eigenvalue weighted by Gasteiger charge is 2.30. The first-order valence-electron chi connectivity index (χ1n) is 8.07. The molecule has 0 aromatic carbocycles. The molecule has 1 rings (SSSR count). The molecule has 3 unspecified atom stereocenters. The largest absolute Gasteiger partial charge is 0.373 e. The summed E-state index contributed by atoms with van der Waals surface area (Å²) in [5.41, 5.74) is 0.390. The molecule has 1 heterocycles. The number of morpholine rings is 1. The maximum atomic E-state index is 5.83. The summed E-state index contributed by atoms with van der Waals surface area (Å²) in [4.78, 5) is 2.60. The lowest BCUT2D eigenvalue weighted by molar-refractivity contribution is -0.0771. The summed E-state index contributed by atoms with van der Waals surface area (Å²) in [6.45, 7) is 17.0. The van der Waals surface area contributed by atoms with Crippen LogP contribution in [0, 0.1) is 5.41 Å². The Hall–Kier alpha value is -0.120. The number of nitrogens with one attached hydrogen (secondary N) is 1. The molecule has 0 saturated carbocycles. The summed E-state index contributed by atoms with van der Waals surface area (Å²) in [5, 5.41) is 3.61. The van der Waals surface area contributed by atoms with Crippen LogP contribution in [0.1, 0.15) is 53.9 Å². The van der Waals surface area contributed by atoms with Gasteiger partial charge in [-0.3, -0.25) is 4.90 Å². The van der Waals surface area contributed by atoms with Crippen molar-refractivity contribution in [1.82, 2.24) is 10.2 Å². The molecular formula is C16H34N2O. The quantitative estimate of drug-likeness (QED) is 0.686. The second-order valence-electron chi connectivity index (χ2n) is 6.69. The normalized spacial score (nSPS) is 28.3. The van der Waals surface area contributed by atoms with Gasteiger partial charge in [0.05, 0.1) is 12.2 Å². The number of hydrogen-bond acceptors (Lipinski definition) is 3. The molecule has 1 saturated heterocycles. The van der Waals surface area contributed by atoms with Crippen LogP contribution in [0.4, 0.5) is 0 Å². The first kappa shape index (κ1) is 16.9. The summed E-state index contributed by atoms with van der Waals surface area (Å²) < 4.78 is 5.83. The van der Waals surface area contributed by atoms with Crippen LogP contribution in [-0.4, -0.2) is 49.8 Å². The van der Waals surface area contributed by atoms with E-state index >= 15 is 0 Å². The van der Waals surface area contributed by atoms with Gasteiger partial charge in [0, 0.05) is 26.2 Å². The van der Waals surface area contributed by atoms with Gasteiger partial charge in [-0.05, 0) is 38.6 Å². The van der Waals surface area contributed by atoms with Gasteiger partial charge in [-0.1, -0.05) is 27.2 Å². The number of nitrogens with zero attached hydrogens (tertiary/aromatic N) is 1. The van der Waals surface area contributed by atoms with E-state index in [0.29, 0.717) is 17.6 Å². The Morgan fingerprint density at radius 3 is 2.32 bits per heavy atom. The van der Waals surface area contributed by atoms with E-state index in [9.17, 15) is 0 Å². The van der Waals surface area contributed by atoms with Crippen molar-refractivity contribution >= 4 is 0 Å². The van der Waals surface area contributed by atoms with Gasteiger partial charge in [-0.15, -0.1) is 0 Å².